The fourth-order valence-corrected chi connectivity index (χ4v) is 1.47. The quantitative estimate of drug-likeness (QED) is 0.603. The fraction of sp³-hybridized carbons (Fsp3) is 0.300. The predicted octanol–water partition coefficient (Wildman–Crippen LogP) is -0.108. The van der Waals surface area contributed by atoms with Crippen LogP contribution in [0.1, 0.15) is 5.69 Å². The van der Waals surface area contributed by atoms with E-state index in [-0.39, 0.29) is 5.56 Å². The average Bonchev–Trinajstić information content (AvgIpc) is 2.21. The van der Waals surface area contributed by atoms with E-state index in [2.05, 4.69) is 4.98 Å². The average molecular weight is 205 g/mol. The summed E-state index contributed by atoms with van der Waals surface area (Å²) in [5.74, 6) is 0.433. The molecule has 0 aliphatic carbocycles. The van der Waals surface area contributed by atoms with E-state index in [1.165, 1.54) is 7.05 Å². The van der Waals surface area contributed by atoms with E-state index < -0.39 is 5.69 Å². The maximum absolute atomic E-state index is 11.7. The highest BCUT2D eigenvalue weighted by Crippen LogP contribution is 2.13. The molecule has 15 heavy (non-hydrogen) atoms. The van der Waals surface area contributed by atoms with E-state index in [0.717, 1.165) is 10.3 Å². The lowest BCUT2D eigenvalue weighted by molar-refractivity contribution is 0.742. The number of aromatic nitrogens is 3. The van der Waals surface area contributed by atoms with Crippen LogP contribution in [-0.4, -0.2) is 14.1 Å². The van der Waals surface area contributed by atoms with Gasteiger partial charge in [-0.05, 0) is 19.1 Å². The Kier molecular flexibility index (Phi) is 1.96. The lowest BCUT2D eigenvalue weighted by atomic mass is 10.2. The van der Waals surface area contributed by atoms with Gasteiger partial charge in [-0.2, -0.15) is 4.98 Å². The molecule has 0 amide bonds. The molecule has 0 unspecified atom stereocenters. The number of fused-ring (bicyclic) bond motifs is 1. The Morgan fingerprint density at radius 2 is 1.80 bits per heavy atom. The van der Waals surface area contributed by atoms with Gasteiger partial charge in [0.2, 0.25) is 0 Å². The van der Waals surface area contributed by atoms with E-state index in [4.69, 9.17) is 0 Å². The highest BCUT2D eigenvalue weighted by atomic mass is 16.2. The molecule has 5 heteroatoms. The van der Waals surface area contributed by atoms with E-state index in [1.807, 2.05) is 13.0 Å². The van der Waals surface area contributed by atoms with E-state index in [9.17, 15) is 9.59 Å². The largest absolute Gasteiger partial charge is 0.352 e. The summed E-state index contributed by atoms with van der Waals surface area (Å²) in [4.78, 5) is 26.9. The standard InChI is InChI=1S/C10H11N3O2/c1-6-4-5-7-8(12(6)2)11-10(15)13(3)9(7)14/h4-5H,1-3H3. The molecule has 2 aliphatic rings. The highest BCUT2D eigenvalue weighted by molar-refractivity contribution is 5.55. The van der Waals surface area contributed by atoms with Gasteiger partial charge in [0.05, 0.1) is 5.56 Å². The molecule has 0 bridgehead atoms. The fourth-order valence-electron chi connectivity index (χ4n) is 1.47. The van der Waals surface area contributed by atoms with Crippen LogP contribution in [0, 0.1) is 6.92 Å². The molecule has 5 nitrogen and oxygen atoms in total. The lowest BCUT2D eigenvalue weighted by Gasteiger charge is -2.12. The van der Waals surface area contributed by atoms with Gasteiger partial charge in [0.25, 0.3) is 5.56 Å². The van der Waals surface area contributed by atoms with Crippen LogP contribution in [0.2, 0.25) is 0 Å². The monoisotopic (exact) mass is 205 g/mol. The Morgan fingerprint density at radius 3 is 2.47 bits per heavy atom. The highest BCUT2D eigenvalue weighted by Gasteiger charge is 2.14. The summed E-state index contributed by atoms with van der Waals surface area (Å²) in [6, 6.07) is 3.52. The third-order valence-corrected chi connectivity index (χ3v) is 2.60. The summed E-state index contributed by atoms with van der Waals surface area (Å²) in [6.07, 6.45) is 0. The number of hydrogen-bond donors (Lipinski definition) is 0. The maximum Gasteiger partial charge on any atom is 0.352 e. The van der Waals surface area contributed by atoms with Crippen molar-refractivity contribution in [2.75, 3.05) is 0 Å². The van der Waals surface area contributed by atoms with Crippen LogP contribution in [0.15, 0.2) is 21.7 Å². The second-order valence-electron chi connectivity index (χ2n) is 3.53. The molecular weight excluding hydrogens is 194 g/mol. The van der Waals surface area contributed by atoms with Crippen molar-refractivity contribution in [3.8, 4) is 11.4 Å². The van der Waals surface area contributed by atoms with Gasteiger partial charge in [-0.25, -0.2) is 4.79 Å². The van der Waals surface area contributed by atoms with Crippen LogP contribution in [0.4, 0.5) is 0 Å². The molecular formula is C10H11N3O2. The number of hydrogen-bond acceptors (Lipinski definition) is 3. The van der Waals surface area contributed by atoms with Crippen LogP contribution in [0.5, 0.6) is 0 Å². The summed E-state index contributed by atoms with van der Waals surface area (Å²) in [6.45, 7) is 1.89. The van der Waals surface area contributed by atoms with Crippen molar-refractivity contribution in [1.29, 1.82) is 0 Å². The molecule has 0 saturated carbocycles. The SMILES string of the molecule is Cc1ccc2c(=O)n(C)c(=O)nc-2n1C. The molecule has 0 atom stereocenters. The third kappa shape index (κ3) is 1.27. The van der Waals surface area contributed by atoms with Gasteiger partial charge in [-0.1, -0.05) is 0 Å². The number of pyridine rings is 1. The Labute approximate surface area is 86.0 Å². The zero-order chi connectivity index (χ0) is 11.2. The maximum atomic E-state index is 11.7. The Bertz CT molecular complexity index is 609. The van der Waals surface area contributed by atoms with Crippen molar-refractivity contribution in [2.24, 2.45) is 14.1 Å². The molecule has 2 heterocycles. The summed E-state index contributed by atoms with van der Waals surface area (Å²) in [5.41, 5.74) is 0.585. The number of aryl methyl sites for hydroxylation is 1. The first kappa shape index (κ1) is 9.64. The zero-order valence-corrected chi connectivity index (χ0v) is 8.81. The number of rotatable bonds is 0. The van der Waals surface area contributed by atoms with Gasteiger partial charge in [0, 0.05) is 19.8 Å². The Hall–Kier alpha value is -1.91. The summed E-state index contributed by atoms with van der Waals surface area (Å²) in [5, 5.41) is 0. The van der Waals surface area contributed by atoms with Crippen molar-refractivity contribution in [2.45, 2.75) is 6.92 Å². The Morgan fingerprint density at radius 1 is 1.13 bits per heavy atom. The Balaban J connectivity index is 3.05. The van der Waals surface area contributed by atoms with Crippen LogP contribution in [-0.2, 0) is 14.1 Å². The minimum absolute atomic E-state index is 0.305. The first-order chi connectivity index (χ1) is 7.02. The second kappa shape index (κ2) is 3.05. The minimum atomic E-state index is -0.520. The zero-order valence-electron chi connectivity index (χ0n) is 8.81. The molecule has 78 valence electrons. The van der Waals surface area contributed by atoms with Crippen molar-refractivity contribution in [3.05, 3.63) is 38.7 Å². The normalized spacial score (nSPS) is 10.9. The smallest absolute Gasteiger partial charge is 0.333 e. The number of nitrogens with zero attached hydrogens (tertiary/aromatic N) is 3. The van der Waals surface area contributed by atoms with Crippen molar-refractivity contribution >= 4 is 0 Å². The van der Waals surface area contributed by atoms with Crippen molar-refractivity contribution in [1.82, 2.24) is 14.1 Å². The summed E-state index contributed by atoms with van der Waals surface area (Å²) >= 11 is 0. The minimum Gasteiger partial charge on any atom is -0.333 e. The molecule has 0 aromatic rings. The van der Waals surface area contributed by atoms with Crippen LogP contribution >= 0.6 is 0 Å². The molecule has 0 fully saturated rings. The van der Waals surface area contributed by atoms with Gasteiger partial charge in [0.15, 0.2) is 5.82 Å². The second-order valence-corrected chi connectivity index (χ2v) is 3.53. The predicted molar refractivity (Wildman–Crippen MR) is 56.1 cm³/mol. The molecule has 0 N–H and O–H groups in total. The van der Waals surface area contributed by atoms with Crippen LogP contribution in [0.3, 0.4) is 0 Å². The van der Waals surface area contributed by atoms with Crippen LogP contribution in [0.25, 0.3) is 11.4 Å². The third-order valence-electron chi connectivity index (χ3n) is 2.60. The van der Waals surface area contributed by atoms with Crippen molar-refractivity contribution in [3.63, 3.8) is 0 Å². The molecule has 0 aromatic heterocycles. The molecule has 0 aromatic carbocycles. The van der Waals surface area contributed by atoms with Crippen LogP contribution < -0.4 is 11.2 Å². The van der Waals surface area contributed by atoms with Gasteiger partial charge >= 0.3 is 5.69 Å². The topological polar surface area (TPSA) is 56.9 Å². The van der Waals surface area contributed by atoms with E-state index in [0.29, 0.717) is 11.4 Å². The van der Waals surface area contributed by atoms with Gasteiger partial charge in [-0.3, -0.25) is 9.36 Å². The van der Waals surface area contributed by atoms with Gasteiger partial charge in [0.1, 0.15) is 0 Å². The molecule has 2 rings (SSSR count). The molecule has 0 spiro atoms. The first-order valence-corrected chi connectivity index (χ1v) is 4.55. The van der Waals surface area contributed by atoms with Gasteiger partial charge in [-0.15, -0.1) is 0 Å². The van der Waals surface area contributed by atoms with Crippen molar-refractivity contribution < 1.29 is 0 Å². The van der Waals surface area contributed by atoms with E-state index >= 15 is 0 Å². The summed E-state index contributed by atoms with van der Waals surface area (Å²) < 4.78 is 2.75. The molecule has 0 radical (unpaired) electrons. The summed E-state index contributed by atoms with van der Waals surface area (Å²) in [7, 11) is 3.21. The molecule has 2 aliphatic heterocycles. The lowest BCUT2D eigenvalue weighted by Crippen LogP contribution is -2.35. The molecule has 0 saturated heterocycles. The first-order valence-electron chi connectivity index (χ1n) is 4.55. The van der Waals surface area contributed by atoms with Gasteiger partial charge < -0.3 is 4.57 Å². The van der Waals surface area contributed by atoms with E-state index in [1.54, 1.807) is 17.7 Å².